The predicted molar refractivity (Wildman–Crippen MR) is 66.7 cm³/mol. The molecule has 15 heavy (non-hydrogen) atoms. The van der Waals surface area contributed by atoms with E-state index in [1.54, 1.807) is 0 Å². The first-order valence-electron chi connectivity index (χ1n) is 5.29. The normalized spacial score (nSPS) is 12.7. The fourth-order valence-corrected chi connectivity index (χ4v) is 2.29. The van der Waals surface area contributed by atoms with Gasteiger partial charge in [0.1, 0.15) is 0 Å². The Bertz CT molecular complexity index is 253. The van der Waals surface area contributed by atoms with E-state index in [0.717, 1.165) is 12.2 Å². The van der Waals surface area contributed by atoms with Gasteiger partial charge in [0.15, 0.2) is 0 Å². The molecule has 0 aliphatic heterocycles. The highest BCUT2D eigenvalue weighted by atomic mass is 32.2. The van der Waals surface area contributed by atoms with Crippen molar-refractivity contribution in [3.8, 4) is 0 Å². The number of nitrogens with zero attached hydrogens (tertiary/aromatic N) is 1. The Morgan fingerprint density at radius 1 is 1.47 bits per heavy atom. The van der Waals surface area contributed by atoms with Crippen molar-refractivity contribution in [3.63, 3.8) is 0 Å². The van der Waals surface area contributed by atoms with Crippen molar-refractivity contribution < 1.29 is 0 Å². The number of pyridine rings is 1. The van der Waals surface area contributed by atoms with Crippen LogP contribution in [0.2, 0.25) is 0 Å². The number of nitrogens with one attached hydrogen (secondary N) is 1. The summed E-state index contributed by atoms with van der Waals surface area (Å²) in [5.74, 6) is 7.79. The Balaban J connectivity index is 2.33. The van der Waals surface area contributed by atoms with Gasteiger partial charge in [-0.1, -0.05) is 6.92 Å². The fraction of sp³-hybridized carbons (Fsp3) is 0.545. The summed E-state index contributed by atoms with van der Waals surface area (Å²) in [7, 11) is 0. The van der Waals surface area contributed by atoms with Crippen molar-refractivity contribution in [3.05, 3.63) is 30.1 Å². The van der Waals surface area contributed by atoms with Crippen LogP contribution in [0.5, 0.6) is 0 Å². The maximum atomic E-state index is 5.52. The minimum absolute atomic E-state index is 0.351. The molecule has 84 valence electrons. The predicted octanol–water partition coefficient (Wildman–Crippen LogP) is 1.60. The van der Waals surface area contributed by atoms with Crippen molar-refractivity contribution in [2.45, 2.75) is 25.8 Å². The summed E-state index contributed by atoms with van der Waals surface area (Å²) in [6.07, 6.45) is 5.83. The van der Waals surface area contributed by atoms with Gasteiger partial charge in [0.05, 0.1) is 0 Å². The average Bonchev–Trinajstić information content (AvgIpc) is 2.29. The van der Waals surface area contributed by atoms with Crippen molar-refractivity contribution in [2.24, 2.45) is 5.84 Å². The summed E-state index contributed by atoms with van der Waals surface area (Å²) in [5, 5.41) is 0. The van der Waals surface area contributed by atoms with Gasteiger partial charge in [-0.3, -0.25) is 16.3 Å². The maximum Gasteiger partial charge on any atom is 0.0341 e. The Labute approximate surface area is 95.8 Å². The largest absolute Gasteiger partial charge is 0.271 e. The molecule has 1 aromatic rings. The molecule has 0 aliphatic rings. The lowest BCUT2D eigenvalue weighted by Crippen LogP contribution is -2.38. The van der Waals surface area contributed by atoms with Gasteiger partial charge in [-0.15, -0.1) is 0 Å². The van der Waals surface area contributed by atoms with Crippen molar-refractivity contribution >= 4 is 11.8 Å². The van der Waals surface area contributed by atoms with Crippen LogP contribution in [0.1, 0.15) is 18.9 Å². The Morgan fingerprint density at radius 3 is 2.80 bits per heavy atom. The highest BCUT2D eigenvalue weighted by Gasteiger charge is 2.06. The first-order valence-corrected chi connectivity index (χ1v) is 6.45. The summed E-state index contributed by atoms with van der Waals surface area (Å²) in [4.78, 5) is 4.00. The third-order valence-corrected chi connectivity index (χ3v) is 3.47. The molecule has 0 spiro atoms. The lowest BCUT2D eigenvalue weighted by Gasteiger charge is -2.15. The monoisotopic (exact) mass is 225 g/mol. The van der Waals surface area contributed by atoms with E-state index in [9.17, 15) is 0 Å². The van der Waals surface area contributed by atoms with Gasteiger partial charge in [-0.25, -0.2) is 0 Å². The van der Waals surface area contributed by atoms with Crippen molar-refractivity contribution in [1.29, 1.82) is 0 Å². The minimum Gasteiger partial charge on any atom is -0.271 e. The lowest BCUT2D eigenvalue weighted by atomic mass is 10.1. The zero-order chi connectivity index (χ0) is 10.9. The van der Waals surface area contributed by atoms with Crippen molar-refractivity contribution in [2.75, 3.05) is 11.5 Å². The SMILES string of the molecule is CCCSCC(Cc1ccncc1)NN. The zero-order valence-corrected chi connectivity index (χ0v) is 9.96. The molecule has 0 bridgehead atoms. The molecule has 1 rings (SSSR count). The molecule has 1 atom stereocenters. The van der Waals surface area contributed by atoms with Crippen LogP contribution in [0.4, 0.5) is 0 Å². The van der Waals surface area contributed by atoms with Gasteiger partial charge in [-0.2, -0.15) is 11.8 Å². The second-order valence-corrected chi connectivity index (χ2v) is 4.65. The van der Waals surface area contributed by atoms with Crippen LogP contribution < -0.4 is 11.3 Å². The highest BCUT2D eigenvalue weighted by Crippen LogP contribution is 2.08. The first-order chi connectivity index (χ1) is 7.36. The molecule has 0 saturated heterocycles. The summed E-state index contributed by atoms with van der Waals surface area (Å²) in [6, 6.07) is 4.42. The second-order valence-electron chi connectivity index (χ2n) is 3.50. The summed E-state index contributed by atoms with van der Waals surface area (Å²) < 4.78 is 0. The average molecular weight is 225 g/mol. The number of hydrazine groups is 1. The van der Waals surface area contributed by atoms with Crippen LogP contribution in [-0.4, -0.2) is 22.5 Å². The first kappa shape index (κ1) is 12.5. The molecule has 4 heteroatoms. The molecule has 0 saturated carbocycles. The van der Waals surface area contributed by atoms with E-state index in [-0.39, 0.29) is 0 Å². The molecule has 3 nitrogen and oxygen atoms in total. The Kier molecular flexibility index (Phi) is 6.39. The number of hydrogen-bond acceptors (Lipinski definition) is 4. The number of rotatable bonds is 7. The van der Waals surface area contributed by atoms with Crippen LogP contribution in [0.25, 0.3) is 0 Å². The summed E-state index contributed by atoms with van der Waals surface area (Å²) >= 11 is 1.95. The molecule has 0 amide bonds. The molecule has 3 N–H and O–H groups in total. The van der Waals surface area contributed by atoms with E-state index in [0.29, 0.717) is 6.04 Å². The lowest BCUT2D eigenvalue weighted by molar-refractivity contribution is 0.575. The van der Waals surface area contributed by atoms with Crippen molar-refractivity contribution in [1.82, 2.24) is 10.4 Å². The van der Waals surface area contributed by atoms with E-state index in [1.807, 2.05) is 36.3 Å². The van der Waals surface area contributed by atoms with Gasteiger partial charge < -0.3 is 0 Å². The fourth-order valence-electron chi connectivity index (χ4n) is 1.34. The zero-order valence-electron chi connectivity index (χ0n) is 9.15. The van der Waals surface area contributed by atoms with Gasteiger partial charge in [-0.05, 0) is 36.3 Å². The number of nitrogens with two attached hydrogens (primary N) is 1. The third-order valence-electron chi connectivity index (χ3n) is 2.13. The topological polar surface area (TPSA) is 50.9 Å². The molecule has 0 fully saturated rings. The molecule has 0 radical (unpaired) electrons. The summed E-state index contributed by atoms with van der Waals surface area (Å²) in [6.45, 7) is 2.20. The van der Waals surface area contributed by atoms with E-state index in [4.69, 9.17) is 5.84 Å². The minimum atomic E-state index is 0.351. The maximum absolute atomic E-state index is 5.52. The highest BCUT2D eigenvalue weighted by molar-refractivity contribution is 7.99. The molecule has 0 aliphatic carbocycles. The molecule has 0 aromatic carbocycles. The standard InChI is InChI=1S/C11H19N3S/c1-2-7-15-9-11(14-12)8-10-3-5-13-6-4-10/h3-6,11,14H,2,7-9,12H2,1H3. The van der Waals surface area contributed by atoms with Crippen LogP contribution in [0.15, 0.2) is 24.5 Å². The van der Waals surface area contributed by atoms with E-state index < -0.39 is 0 Å². The molecule has 1 heterocycles. The molecular weight excluding hydrogens is 206 g/mol. The quantitative estimate of drug-likeness (QED) is 0.420. The number of aromatic nitrogens is 1. The van der Waals surface area contributed by atoms with Crippen LogP contribution in [0, 0.1) is 0 Å². The van der Waals surface area contributed by atoms with E-state index >= 15 is 0 Å². The van der Waals surface area contributed by atoms with Gasteiger partial charge in [0, 0.05) is 24.2 Å². The smallest absolute Gasteiger partial charge is 0.0341 e. The number of hydrogen-bond donors (Lipinski definition) is 2. The second kappa shape index (κ2) is 7.68. The molecule has 1 unspecified atom stereocenters. The van der Waals surface area contributed by atoms with E-state index in [1.165, 1.54) is 17.7 Å². The summed E-state index contributed by atoms with van der Waals surface area (Å²) in [5.41, 5.74) is 4.15. The van der Waals surface area contributed by atoms with Gasteiger partial charge >= 0.3 is 0 Å². The van der Waals surface area contributed by atoms with Crippen LogP contribution in [0.3, 0.4) is 0 Å². The molecular formula is C11H19N3S. The Hall–Kier alpha value is -0.580. The van der Waals surface area contributed by atoms with Gasteiger partial charge in [0.25, 0.3) is 0 Å². The van der Waals surface area contributed by atoms with Gasteiger partial charge in [0.2, 0.25) is 0 Å². The van der Waals surface area contributed by atoms with E-state index in [2.05, 4.69) is 17.3 Å². The molecule has 1 aromatic heterocycles. The third kappa shape index (κ3) is 5.16. The van der Waals surface area contributed by atoms with Crippen LogP contribution in [-0.2, 0) is 6.42 Å². The Morgan fingerprint density at radius 2 is 2.20 bits per heavy atom. The van der Waals surface area contributed by atoms with Crippen LogP contribution >= 0.6 is 11.8 Å². The number of thioether (sulfide) groups is 1.